The Kier molecular flexibility index (Phi) is 6.15. The molecular formula is C21H24ClN7O. The Morgan fingerprint density at radius 1 is 1.03 bits per heavy atom. The van der Waals surface area contributed by atoms with Crippen molar-refractivity contribution in [1.29, 1.82) is 0 Å². The summed E-state index contributed by atoms with van der Waals surface area (Å²) in [6.07, 6.45) is 0. The fourth-order valence-corrected chi connectivity index (χ4v) is 3.62. The summed E-state index contributed by atoms with van der Waals surface area (Å²) in [6, 6.07) is 15.5. The van der Waals surface area contributed by atoms with Gasteiger partial charge < -0.3 is 20.7 Å². The van der Waals surface area contributed by atoms with Crippen LogP contribution in [-0.4, -0.2) is 53.1 Å². The molecular weight excluding hydrogens is 402 g/mol. The van der Waals surface area contributed by atoms with E-state index in [0.29, 0.717) is 23.3 Å². The summed E-state index contributed by atoms with van der Waals surface area (Å²) in [5.41, 5.74) is 7.88. The van der Waals surface area contributed by atoms with E-state index in [1.165, 1.54) is 5.69 Å². The molecule has 0 amide bonds. The molecule has 9 heteroatoms. The molecule has 0 unspecified atom stereocenters. The van der Waals surface area contributed by atoms with Crippen LogP contribution < -0.4 is 20.7 Å². The van der Waals surface area contributed by atoms with Gasteiger partial charge in [0.15, 0.2) is 0 Å². The summed E-state index contributed by atoms with van der Waals surface area (Å²) in [7, 11) is 1.69. The van der Waals surface area contributed by atoms with Crippen LogP contribution in [0, 0.1) is 0 Å². The number of aromatic nitrogens is 3. The molecule has 2 heterocycles. The van der Waals surface area contributed by atoms with Gasteiger partial charge in [-0.25, -0.2) is 0 Å². The Morgan fingerprint density at radius 3 is 2.60 bits per heavy atom. The number of nitrogens with one attached hydrogen (secondary N) is 1. The number of nitrogens with two attached hydrogens (primary N) is 1. The lowest BCUT2D eigenvalue weighted by Gasteiger charge is -2.35. The highest BCUT2D eigenvalue weighted by Gasteiger charge is 2.19. The number of anilines is 4. The first-order valence-electron chi connectivity index (χ1n) is 9.73. The van der Waals surface area contributed by atoms with E-state index in [0.717, 1.165) is 37.6 Å². The van der Waals surface area contributed by atoms with Crippen LogP contribution in [0.4, 0.5) is 23.3 Å². The number of nitrogen functional groups attached to an aromatic ring is 1. The van der Waals surface area contributed by atoms with Gasteiger partial charge in [0.25, 0.3) is 0 Å². The summed E-state index contributed by atoms with van der Waals surface area (Å²) < 4.78 is 5.33. The van der Waals surface area contributed by atoms with E-state index in [1.807, 2.05) is 30.3 Å². The van der Waals surface area contributed by atoms with Crippen LogP contribution in [0.1, 0.15) is 5.82 Å². The van der Waals surface area contributed by atoms with Gasteiger partial charge in [0.05, 0.1) is 13.7 Å². The number of rotatable bonds is 6. The second-order valence-electron chi connectivity index (χ2n) is 7.03. The Hall–Kier alpha value is -3.10. The van der Waals surface area contributed by atoms with Crippen LogP contribution in [0.3, 0.4) is 0 Å². The van der Waals surface area contributed by atoms with Crippen LogP contribution in [0.25, 0.3) is 0 Å². The lowest BCUT2D eigenvalue weighted by molar-refractivity contribution is 0.244. The van der Waals surface area contributed by atoms with Crippen LogP contribution in [0.5, 0.6) is 5.75 Å². The lowest BCUT2D eigenvalue weighted by Crippen LogP contribution is -2.46. The number of piperazine rings is 1. The van der Waals surface area contributed by atoms with Gasteiger partial charge in [0.2, 0.25) is 11.9 Å². The van der Waals surface area contributed by atoms with E-state index < -0.39 is 0 Å². The van der Waals surface area contributed by atoms with Crippen molar-refractivity contribution in [3.8, 4) is 5.75 Å². The third kappa shape index (κ3) is 5.08. The fourth-order valence-electron chi connectivity index (χ4n) is 3.43. The van der Waals surface area contributed by atoms with Crippen molar-refractivity contribution in [2.24, 2.45) is 0 Å². The third-order valence-electron chi connectivity index (χ3n) is 4.94. The Balaban J connectivity index is 1.38. The summed E-state index contributed by atoms with van der Waals surface area (Å²) in [5.74, 6) is 2.12. The molecule has 3 aromatic rings. The minimum atomic E-state index is 0.194. The first-order valence-corrected chi connectivity index (χ1v) is 10.1. The molecule has 0 spiro atoms. The van der Waals surface area contributed by atoms with E-state index in [-0.39, 0.29) is 5.95 Å². The second-order valence-corrected chi connectivity index (χ2v) is 7.47. The van der Waals surface area contributed by atoms with E-state index in [9.17, 15) is 0 Å². The lowest BCUT2D eigenvalue weighted by atomic mass is 10.2. The quantitative estimate of drug-likeness (QED) is 0.622. The largest absolute Gasteiger partial charge is 0.497 e. The van der Waals surface area contributed by atoms with Crippen molar-refractivity contribution in [3.63, 3.8) is 0 Å². The molecule has 1 fully saturated rings. The highest BCUT2D eigenvalue weighted by molar-refractivity contribution is 6.30. The number of nitrogens with zero attached hydrogens (tertiary/aromatic N) is 5. The Labute approximate surface area is 180 Å². The predicted molar refractivity (Wildman–Crippen MR) is 119 cm³/mol. The first kappa shape index (κ1) is 20.2. The number of hydrogen-bond acceptors (Lipinski definition) is 8. The number of halogens is 1. The van der Waals surface area contributed by atoms with Crippen molar-refractivity contribution in [1.82, 2.24) is 19.9 Å². The van der Waals surface area contributed by atoms with Crippen LogP contribution in [0.2, 0.25) is 5.02 Å². The molecule has 1 saturated heterocycles. The van der Waals surface area contributed by atoms with Crippen molar-refractivity contribution >= 4 is 34.9 Å². The standard InChI is InChI=1S/C21H24ClN7O/c1-30-18-7-3-6-17(13-18)29-10-8-28(9-11-29)14-19-25-20(23)27-21(26-19)24-16-5-2-4-15(22)12-16/h2-7,12-13H,8-11,14H2,1H3,(H3,23,24,25,26,27). The molecule has 2 aromatic carbocycles. The van der Waals surface area contributed by atoms with Crippen molar-refractivity contribution < 1.29 is 4.74 Å². The zero-order chi connectivity index (χ0) is 20.9. The molecule has 1 aliphatic heterocycles. The van der Waals surface area contributed by atoms with Gasteiger partial charge in [-0.1, -0.05) is 23.7 Å². The Morgan fingerprint density at radius 2 is 1.83 bits per heavy atom. The maximum absolute atomic E-state index is 6.04. The molecule has 0 aliphatic carbocycles. The molecule has 0 atom stereocenters. The maximum Gasteiger partial charge on any atom is 0.232 e. The zero-order valence-electron chi connectivity index (χ0n) is 16.8. The molecule has 0 bridgehead atoms. The molecule has 30 heavy (non-hydrogen) atoms. The van der Waals surface area contributed by atoms with Gasteiger partial charge in [0.1, 0.15) is 11.6 Å². The number of ether oxygens (including phenoxy) is 1. The van der Waals surface area contributed by atoms with E-state index in [4.69, 9.17) is 22.1 Å². The maximum atomic E-state index is 6.04. The smallest absolute Gasteiger partial charge is 0.232 e. The molecule has 4 rings (SSSR count). The molecule has 0 radical (unpaired) electrons. The minimum absolute atomic E-state index is 0.194. The van der Waals surface area contributed by atoms with Gasteiger partial charge >= 0.3 is 0 Å². The summed E-state index contributed by atoms with van der Waals surface area (Å²) >= 11 is 6.04. The van der Waals surface area contributed by atoms with Gasteiger partial charge in [-0.3, -0.25) is 4.90 Å². The molecule has 3 N–H and O–H groups in total. The molecule has 0 saturated carbocycles. The summed E-state index contributed by atoms with van der Waals surface area (Å²) in [6.45, 7) is 4.26. The predicted octanol–water partition coefficient (Wildman–Crippen LogP) is 3.18. The number of methoxy groups -OCH3 is 1. The van der Waals surface area contributed by atoms with Crippen LogP contribution in [-0.2, 0) is 6.54 Å². The molecule has 156 valence electrons. The van der Waals surface area contributed by atoms with Gasteiger partial charge in [-0.2, -0.15) is 15.0 Å². The highest BCUT2D eigenvalue weighted by Crippen LogP contribution is 2.23. The van der Waals surface area contributed by atoms with Crippen molar-refractivity contribution in [2.75, 3.05) is 49.2 Å². The summed E-state index contributed by atoms with van der Waals surface area (Å²) in [5, 5.41) is 3.77. The SMILES string of the molecule is COc1cccc(N2CCN(Cc3nc(N)nc(Nc4cccc(Cl)c4)n3)CC2)c1. The van der Waals surface area contributed by atoms with Crippen LogP contribution in [0.15, 0.2) is 48.5 Å². The monoisotopic (exact) mass is 425 g/mol. The number of benzene rings is 2. The fraction of sp³-hybridized carbons (Fsp3) is 0.286. The average molecular weight is 426 g/mol. The molecule has 1 aliphatic rings. The van der Waals surface area contributed by atoms with Crippen molar-refractivity contribution in [3.05, 3.63) is 59.4 Å². The second kappa shape index (κ2) is 9.15. The Bertz CT molecular complexity index is 1010. The third-order valence-corrected chi connectivity index (χ3v) is 5.17. The average Bonchev–Trinajstić information content (AvgIpc) is 2.74. The van der Waals surface area contributed by atoms with Gasteiger partial charge in [-0.05, 0) is 30.3 Å². The molecule has 1 aromatic heterocycles. The van der Waals surface area contributed by atoms with Gasteiger partial charge in [-0.15, -0.1) is 0 Å². The minimum Gasteiger partial charge on any atom is -0.497 e. The first-order chi connectivity index (χ1) is 14.6. The molecule has 8 nitrogen and oxygen atoms in total. The zero-order valence-corrected chi connectivity index (χ0v) is 17.5. The van der Waals surface area contributed by atoms with E-state index >= 15 is 0 Å². The summed E-state index contributed by atoms with van der Waals surface area (Å²) in [4.78, 5) is 17.7. The normalized spacial score (nSPS) is 14.5. The highest BCUT2D eigenvalue weighted by atomic mass is 35.5. The van der Waals surface area contributed by atoms with E-state index in [1.54, 1.807) is 13.2 Å². The van der Waals surface area contributed by atoms with Crippen molar-refractivity contribution in [2.45, 2.75) is 6.54 Å². The topological polar surface area (TPSA) is 92.4 Å². The number of hydrogen-bond donors (Lipinski definition) is 2. The van der Waals surface area contributed by atoms with Gasteiger partial charge in [0, 0.05) is 48.6 Å². The van der Waals surface area contributed by atoms with E-state index in [2.05, 4.69) is 42.2 Å². The van der Waals surface area contributed by atoms with Crippen LogP contribution >= 0.6 is 11.6 Å².